The number of alkyl halides is 3. The first-order chi connectivity index (χ1) is 13.0. The van der Waals surface area contributed by atoms with Crippen LogP contribution in [0.2, 0.25) is 5.02 Å². The molecule has 0 saturated carbocycles. The molecule has 2 aromatic carbocycles. The molecule has 0 radical (unpaired) electrons. The summed E-state index contributed by atoms with van der Waals surface area (Å²) in [4.78, 5) is 23.7. The van der Waals surface area contributed by atoms with Crippen LogP contribution in [0.4, 0.5) is 29.3 Å². The molecule has 6 nitrogen and oxygen atoms in total. The Morgan fingerprint density at radius 2 is 1.79 bits per heavy atom. The van der Waals surface area contributed by atoms with Crippen LogP contribution in [0.1, 0.15) is 11.1 Å². The molecule has 0 aromatic heterocycles. The second-order valence-electron chi connectivity index (χ2n) is 5.82. The number of benzene rings is 2. The van der Waals surface area contributed by atoms with E-state index in [4.69, 9.17) is 11.6 Å². The van der Waals surface area contributed by atoms with Crippen LogP contribution in [0, 0.1) is 6.92 Å². The molecule has 0 heterocycles. The third-order valence-corrected chi connectivity index (χ3v) is 4.10. The first kappa shape index (κ1) is 21.5. The van der Waals surface area contributed by atoms with Crippen LogP contribution in [0.5, 0.6) is 0 Å². The summed E-state index contributed by atoms with van der Waals surface area (Å²) >= 11 is 5.82. The summed E-state index contributed by atoms with van der Waals surface area (Å²) in [6.45, 7) is 1.41. The number of carbonyl (C=O) groups is 2. The minimum Gasteiger partial charge on any atom is -0.466 e. The molecule has 0 aliphatic heterocycles. The molecule has 1 atom stereocenters. The minimum absolute atomic E-state index is 0.178. The maximum atomic E-state index is 13.3. The predicted octanol–water partition coefficient (Wildman–Crippen LogP) is 4.22. The molecule has 3 N–H and O–H groups in total. The van der Waals surface area contributed by atoms with Crippen LogP contribution >= 0.6 is 11.6 Å². The number of nitrogens with one attached hydrogen (secondary N) is 2. The molecule has 0 fully saturated rings. The molecule has 2 aromatic rings. The van der Waals surface area contributed by atoms with Gasteiger partial charge in [-0.3, -0.25) is 0 Å². The van der Waals surface area contributed by atoms with Crippen LogP contribution in [-0.4, -0.2) is 30.4 Å². The smallest absolute Gasteiger partial charge is 0.432 e. The topological polar surface area (TPSA) is 87.7 Å². The zero-order chi connectivity index (χ0) is 21.1. The minimum atomic E-state index is -5.30. The van der Waals surface area contributed by atoms with E-state index in [1.807, 2.05) is 0 Å². The van der Waals surface area contributed by atoms with E-state index in [2.05, 4.69) is 15.4 Å². The van der Waals surface area contributed by atoms with E-state index in [0.29, 0.717) is 10.7 Å². The summed E-state index contributed by atoms with van der Waals surface area (Å²) in [7, 11) is 0.738. The molecule has 0 aliphatic carbocycles. The Balaban J connectivity index is 2.26. The van der Waals surface area contributed by atoms with Gasteiger partial charge in [0.05, 0.1) is 7.11 Å². The summed E-state index contributed by atoms with van der Waals surface area (Å²) in [5.41, 5.74) is -3.78. The van der Waals surface area contributed by atoms with Crippen molar-refractivity contribution in [1.82, 2.24) is 0 Å². The van der Waals surface area contributed by atoms with E-state index < -0.39 is 29.3 Å². The molecular weight excluding hydrogens is 401 g/mol. The highest BCUT2D eigenvalue weighted by Crippen LogP contribution is 2.40. The fraction of sp³-hybridized carbons (Fsp3) is 0.222. The fourth-order valence-corrected chi connectivity index (χ4v) is 2.62. The number of aliphatic hydroxyl groups is 1. The number of ether oxygens (including phenoxy) is 1. The Hall–Kier alpha value is -2.78. The SMILES string of the molecule is COC(=O)[C@@](O)(c1ccc(NC(=O)Nc2cccc(Cl)c2)c(C)c1)C(F)(F)F. The van der Waals surface area contributed by atoms with E-state index in [1.165, 1.54) is 13.0 Å². The first-order valence-electron chi connectivity index (χ1n) is 7.81. The van der Waals surface area contributed by atoms with Gasteiger partial charge in [0.25, 0.3) is 5.60 Å². The molecule has 0 bridgehead atoms. The summed E-state index contributed by atoms with van der Waals surface area (Å²) in [6, 6.07) is 8.67. The van der Waals surface area contributed by atoms with Crippen LogP contribution in [0.25, 0.3) is 0 Å². The van der Waals surface area contributed by atoms with E-state index in [9.17, 15) is 27.9 Å². The van der Waals surface area contributed by atoms with Crippen LogP contribution in [0.3, 0.4) is 0 Å². The number of urea groups is 1. The third kappa shape index (κ3) is 4.37. The molecule has 0 aliphatic rings. The normalized spacial score (nSPS) is 13.4. The summed E-state index contributed by atoms with van der Waals surface area (Å²) in [5.74, 6) is -1.86. The Kier molecular flexibility index (Phi) is 6.20. The van der Waals surface area contributed by atoms with Crippen molar-refractivity contribution in [3.63, 3.8) is 0 Å². The van der Waals surface area contributed by atoms with Gasteiger partial charge in [0.1, 0.15) is 0 Å². The van der Waals surface area contributed by atoms with Crippen LogP contribution < -0.4 is 10.6 Å². The number of hydrogen-bond acceptors (Lipinski definition) is 4. The number of methoxy groups -OCH3 is 1. The van der Waals surface area contributed by atoms with Crippen molar-refractivity contribution in [2.24, 2.45) is 0 Å². The summed E-state index contributed by atoms with van der Waals surface area (Å²) in [5, 5.41) is 15.4. The Labute approximate surface area is 163 Å². The number of rotatable bonds is 4. The number of carbonyl (C=O) groups excluding carboxylic acids is 2. The number of halogens is 4. The van der Waals surface area contributed by atoms with Gasteiger partial charge >= 0.3 is 18.2 Å². The monoisotopic (exact) mass is 416 g/mol. The summed E-state index contributed by atoms with van der Waals surface area (Å²) < 4.78 is 44.0. The van der Waals surface area contributed by atoms with Gasteiger partial charge in [0.2, 0.25) is 0 Å². The maximum Gasteiger partial charge on any atom is 0.432 e. The lowest BCUT2D eigenvalue weighted by molar-refractivity contribution is -0.266. The molecule has 2 amide bonds. The van der Waals surface area contributed by atoms with Gasteiger partial charge in [-0.25, -0.2) is 9.59 Å². The second-order valence-corrected chi connectivity index (χ2v) is 6.26. The molecule has 28 heavy (non-hydrogen) atoms. The van der Waals surface area contributed by atoms with E-state index in [-0.39, 0.29) is 11.3 Å². The van der Waals surface area contributed by atoms with E-state index >= 15 is 0 Å². The Morgan fingerprint density at radius 3 is 2.32 bits per heavy atom. The number of anilines is 2. The molecular formula is C18H16ClF3N2O4. The van der Waals surface area contributed by atoms with Crippen LogP contribution in [0.15, 0.2) is 42.5 Å². The van der Waals surface area contributed by atoms with Crippen molar-refractivity contribution >= 4 is 35.0 Å². The molecule has 150 valence electrons. The van der Waals surface area contributed by atoms with Gasteiger partial charge in [-0.2, -0.15) is 13.2 Å². The highest BCUT2D eigenvalue weighted by Gasteiger charge is 2.62. The number of hydrogen-bond donors (Lipinski definition) is 3. The lowest BCUT2D eigenvalue weighted by Crippen LogP contribution is -2.49. The largest absolute Gasteiger partial charge is 0.466 e. The van der Waals surface area contributed by atoms with Crippen molar-refractivity contribution in [2.75, 3.05) is 17.7 Å². The Morgan fingerprint density at radius 1 is 1.11 bits per heavy atom. The molecule has 10 heteroatoms. The zero-order valence-electron chi connectivity index (χ0n) is 14.7. The zero-order valence-corrected chi connectivity index (χ0v) is 15.5. The number of amides is 2. The van der Waals surface area contributed by atoms with Gasteiger partial charge in [-0.1, -0.05) is 29.8 Å². The van der Waals surface area contributed by atoms with Gasteiger partial charge in [-0.15, -0.1) is 0 Å². The van der Waals surface area contributed by atoms with E-state index in [0.717, 1.165) is 25.3 Å². The molecule has 0 unspecified atom stereocenters. The average Bonchev–Trinajstić information content (AvgIpc) is 2.61. The molecule has 2 rings (SSSR count). The average molecular weight is 417 g/mol. The van der Waals surface area contributed by atoms with Crippen molar-refractivity contribution in [2.45, 2.75) is 18.7 Å². The molecule has 0 spiro atoms. The lowest BCUT2D eigenvalue weighted by atomic mass is 9.91. The van der Waals surface area contributed by atoms with Crippen molar-refractivity contribution in [1.29, 1.82) is 0 Å². The van der Waals surface area contributed by atoms with Gasteiger partial charge in [0.15, 0.2) is 0 Å². The number of aryl methyl sites for hydroxylation is 1. The maximum absolute atomic E-state index is 13.3. The lowest BCUT2D eigenvalue weighted by Gasteiger charge is -2.28. The van der Waals surface area contributed by atoms with Crippen molar-refractivity contribution in [3.8, 4) is 0 Å². The standard InChI is InChI=1S/C18H16ClF3N2O4/c1-10-8-11(17(27,15(25)28-2)18(20,21)22)6-7-14(10)24-16(26)23-13-5-3-4-12(19)9-13/h3-9,27H,1-2H3,(H2,23,24,26)/t17-/m0/s1. The van der Waals surface area contributed by atoms with Gasteiger partial charge in [-0.05, 0) is 36.8 Å². The van der Waals surface area contributed by atoms with Crippen LogP contribution in [-0.2, 0) is 15.1 Å². The van der Waals surface area contributed by atoms with Gasteiger partial charge in [0, 0.05) is 22.0 Å². The predicted molar refractivity (Wildman–Crippen MR) is 97.2 cm³/mol. The number of esters is 1. The van der Waals surface area contributed by atoms with Crippen molar-refractivity contribution in [3.05, 3.63) is 58.6 Å². The second kappa shape index (κ2) is 8.07. The highest BCUT2D eigenvalue weighted by atomic mass is 35.5. The quantitative estimate of drug-likeness (QED) is 0.651. The van der Waals surface area contributed by atoms with Crippen molar-refractivity contribution < 1.29 is 32.6 Å². The highest BCUT2D eigenvalue weighted by molar-refractivity contribution is 6.30. The van der Waals surface area contributed by atoms with E-state index in [1.54, 1.807) is 18.2 Å². The third-order valence-electron chi connectivity index (χ3n) is 3.87. The first-order valence-corrected chi connectivity index (χ1v) is 8.19. The molecule has 0 saturated heterocycles. The summed E-state index contributed by atoms with van der Waals surface area (Å²) in [6.07, 6.45) is -5.30. The Bertz CT molecular complexity index is 905. The van der Waals surface area contributed by atoms with Gasteiger partial charge < -0.3 is 20.5 Å². The fourth-order valence-electron chi connectivity index (χ4n) is 2.42.